The summed E-state index contributed by atoms with van der Waals surface area (Å²) in [5.74, 6) is 0.363. The Hall–Kier alpha value is -0.940. The van der Waals surface area contributed by atoms with E-state index in [0.717, 1.165) is 0 Å². The van der Waals surface area contributed by atoms with Crippen LogP contribution < -0.4 is 22.1 Å². The number of likely N-dealkylation sites (N-methyl/N-ethyl adjacent to an activating group) is 1. The van der Waals surface area contributed by atoms with Crippen molar-refractivity contribution < 1.29 is 5.11 Å². The van der Waals surface area contributed by atoms with E-state index in [4.69, 9.17) is 16.6 Å². The molecule has 0 heterocycles. The van der Waals surface area contributed by atoms with Gasteiger partial charge < -0.3 is 27.2 Å². The summed E-state index contributed by atoms with van der Waals surface area (Å²) in [5.41, 5.74) is 11.1. The SMILES string of the molecule is CCN/C(=C(\N)NC)C(N)O. The number of nitrogens with one attached hydrogen (secondary N) is 2. The molecule has 66 valence electrons. The van der Waals surface area contributed by atoms with Gasteiger partial charge in [-0.15, -0.1) is 0 Å². The lowest BCUT2D eigenvalue weighted by molar-refractivity contribution is 0.208. The van der Waals surface area contributed by atoms with Crippen molar-refractivity contribution in [3.63, 3.8) is 0 Å². The summed E-state index contributed by atoms with van der Waals surface area (Å²) >= 11 is 0. The van der Waals surface area contributed by atoms with Gasteiger partial charge in [0.1, 0.15) is 12.0 Å². The first-order valence-corrected chi connectivity index (χ1v) is 3.48. The summed E-state index contributed by atoms with van der Waals surface area (Å²) in [4.78, 5) is 0. The molecule has 1 atom stereocenters. The Morgan fingerprint density at radius 2 is 2.18 bits per heavy atom. The molecule has 0 aromatic heterocycles. The predicted octanol–water partition coefficient (Wildman–Crippen LogP) is -1.78. The lowest BCUT2D eigenvalue weighted by Gasteiger charge is -2.14. The van der Waals surface area contributed by atoms with Crippen molar-refractivity contribution in [1.82, 2.24) is 10.6 Å². The Labute approximate surface area is 66.4 Å². The molecule has 7 N–H and O–H groups in total. The van der Waals surface area contributed by atoms with Gasteiger partial charge in [-0.2, -0.15) is 0 Å². The number of aliphatic hydroxyl groups excluding tert-OH is 1. The third-order valence-corrected chi connectivity index (χ3v) is 1.22. The molecule has 0 aromatic rings. The predicted molar refractivity (Wildman–Crippen MR) is 44.1 cm³/mol. The van der Waals surface area contributed by atoms with Gasteiger partial charge in [-0.3, -0.25) is 0 Å². The van der Waals surface area contributed by atoms with Crippen LogP contribution in [0.25, 0.3) is 0 Å². The van der Waals surface area contributed by atoms with Crippen molar-refractivity contribution in [1.29, 1.82) is 0 Å². The molecule has 0 bridgehead atoms. The van der Waals surface area contributed by atoms with Gasteiger partial charge in [-0.05, 0) is 6.92 Å². The molecule has 0 saturated heterocycles. The highest BCUT2D eigenvalue weighted by molar-refractivity contribution is 5.10. The van der Waals surface area contributed by atoms with Crippen LogP contribution >= 0.6 is 0 Å². The van der Waals surface area contributed by atoms with Gasteiger partial charge in [0.05, 0.1) is 5.70 Å². The Morgan fingerprint density at radius 3 is 2.45 bits per heavy atom. The summed E-state index contributed by atoms with van der Waals surface area (Å²) < 4.78 is 0. The highest BCUT2D eigenvalue weighted by Crippen LogP contribution is 1.93. The van der Waals surface area contributed by atoms with Gasteiger partial charge in [0.25, 0.3) is 0 Å². The molecule has 0 aliphatic heterocycles. The molecule has 5 heteroatoms. The number of aliphatic hydroxyl groups is 1. The highest BCUT2D eigenvalue weighted by atomic mass is 16.3. The monoisotopic (exact) mass is 160 g/mol. The average Bonchev–Trinajstić information content (AvgIpc) is 1.98. The molecule has 0 aliphatic rings. The standard InChI is InChI=1S/C6H16N4O/c1-3-10-4(6(8)11)5(7)9-2/h6,9-11H,3,7-8H2,1-2H3/b5-4+. The fourth-order valence-corrected chi connectivity index (χ4v) is 0.684. The molecular weight excluding hydrogens is 144 g/mol. The second-order valence-electron chi connectivity index (χ2n) is 2.05. The zero-order valence-electron chi connectivity index (χ0n) is 6.89. The van der Waals surface area contributed by atoms with Crippen LogP contribution in [-0.4, -0.2) is 24.9 Å². The van der Waals surface area contributed by atoms with E-state index >= 15 is 0 Å². The molecule has 0 saturated carbocycles. The molecule has 0 aliphatic carbocycles. The second kappa shape index (κ2) is 4.81. The van der Waals surface area contributed by atoms with Crippen molar-refractivity contribution in [3.8, 4) is 0 Å². The molecule has 11 heavy (non-hydrogen) atoms. The third-order valence-electron chi connectivity index (χ3n) is 1.22. The maximum absolute atomic E-state index is 8.98. The van der Waals surface area contributed by atoms with E-state index in [2.05, 4.69) is 10.6 Å². The van der Waals surface area contributed by atoms with Crippen molar-refractivity contribution in [2.45, 2.75) is 13.2 Å². The highest BCUT2D eigenvalue weighted by Gasteiger charge is 2.07. The molecule has 0 fully saturated rings. The first-order chi connectivity index (χ1) is 5.13. The Balaban J connectivity index is 4.30. The Kier molecular flexibility index (Phi) is 4.40. The zero-order valence-corrected chi connectivity index (χ0v) is 6.89. The molecular formula is C6H16N4O. The van der Waals surface area contributed by atoms with E-state index in [1.807, 2.05) is 6.92 Å². The summed E-state index contributed by atoms with van der Waals surface area (Å²) in [5, 5.41) is 14.5. The molecule has 0 radical (unpaired) electrons. The van der Waals surface area contributed by atoms with Crippen LogP contribution in [0.1, 0.15) is 6.92 Å². The third kappa shape index (κ3) is 3.10. The van der Waals surface area contributed by atoms with E-state index in [0.29, 0.717) is 18.1 Å². The van der Waals surface area contributed by atoms with Gasteiger partial charge in [-0.25, -0.2) is 0 Å². The quantitative estimate of drug-likeness (QED) is 0.313. The van der Waals surface area contributed by atoms with Crippen LogP contribution in [0.15, 0.2) is 11.5 Å². The topological polar surface area (TPSA) is 96.3 Å². The van der Waals surface area contributed by atoms with Crippen LogP contribution in [-0.2, 0) is 0 Å². The molecule has 0 spiro atoms. The Morgan fingerprint density at radius 1 is 1.64 bits per heavy atom. The smallest absolute Gasteiger partial charge is 0.146 e. The van der Waals surface area contributed by atoms with E-state index in [-0.39, 0.29) is 0 Å². The van der Waals surface area contributed by atoms with Crippen molar-refractivity contribution in [3.05, 3.63) is 11.5 Å². The second-order valence-corrected chi connectivity index (χ2v) is 2.05. The first-order valence-electron chi connectivity index (χ1n) is 3.48. The van der Waals surface area contributed by atoms with Crippen molar-refractivity contribution in [2.24, 2.45) is 11.5 Å². The maximum atomic E-state index is 8.98. The number of hydrogen-bond donors (Lipinski definition) is 5. The lowest BCUT2D eigenvalue weighted by atomic mass is 10.3. The lowest BCUT2D eigenvalue weighted by Crippen LogP contribution is -2.36. The van der Waals surface area contributed by atoms with Gasteiger partial charge in [0, 0.05) is 13.6 Å². The van der Waals surface area contributed by atoms with Crippen LogP contribution in [0.4, 0.5) is 0 Å². The van der Waals surface area contributed by atoms with Gasteiger partial charge in [-0.1, -0.05) is 0 Å². The minimum absolute atomic E-state index is 0.363. The fourth-order valence-electron chi connectivity index (χ4n) is 0.684. The summed E-state index contributed by atoms with van der Waals surface area (Å²) in [6.07, 6.45) is -1.05. The molecule has 0 amide bonds. The van der Waals surface area contributed by atoms with Crippen LogP contribution in [0.5, 0.6) is 0 Å². The molecule has 1 unspecified atom stereocenters. The molecule has 0 aromatic carbocycles. The minimum atomic E-state index is -1.05. The number of hydrogen-bond acceptors (Lipinski definition) is 5. The van der Waals surface area contributed by atoms with Gasteiger partial charge in [0.2, 0.25) is 0 Å². The van der Waals surface area contributed by atoms with Gasteiger partial charge in [0.15, 0.2) is 0 Å². The molecule has 0 rings (SSSR count). The normalized spacial score (nSPS) is 15.3. The minimum Gasteiger partial charge on any atom is -0.384 e. The molecule has 5 nitrogen and oxygen atoms in total. The maximum Gasteiger partial charge on any atom is 0.146 e. The van der Waals surface area contributed by atoms with E-state index in [1.165, 1.54) is 0 Å². The average molecular weight is 160 g/mol. The summed E-state index contributed by atoms with van der Waals surface area (Å²) in [6, 6.07) is 0. The number of rotatable bonds is 4. The summed E-state index contributed by atoms with van der Waals surface area (Å²) in [7, 11) is 1.66. The van der Waals surface area contributed by atoms with Crippen LogP contribution in [0, 0.1) is 0 Å². The summed E-state index contributed by atoms with van der Waals surface area (Å²) in [6.45, 7) is 2.57. The Bertz CT molecular complexity index is 144. The van der Waals surface area contributed by atoms with E-state index in [9.17, 15) is 0 Å². The fraction of sp³-hybridized carbons (Fsp3) is 0.667. The first kappa shape index (κ1) is 10.1. The zero-order chi connectivity index (χ0) is 8.85. The van der Waals surface area contributed by atoms with Gasteiger partial charge >= 0.3 is 0 Å². The van der Waals surface area contributed by atoms with Crippen LogP contribution in [0.2, 0.25) is 0 Å². The van der Waals surface area contributed by atoms with Crippen molar-refractivity contribution in [2.75, 3.05) is 13.6 Å². The van der Waals surface area contributed by atoms with E-state index < -0.39 is 6.23 Å². The number of nitrogens with two attached hydrogens (primary N) is 2. The van der Waals surface area contributed by atoms with Crippen LogP contribution in [0.3, 0.4) is 0 Å². The van der Waals surface area contributed by atoms with Crippen molar-refractivity contribution >= 4 is 0 Å². The largest absolute Gasteiger partial charge is 0.384 e. The van der Waals surface area contributed by atoms with E-state index in [1.54, 1.807) is 7.05 Å².